The summed E-state index contributed by atoms with van der Waals surface area (Å²) in [6, 6.07) is 0. The van der Waals surface area contributed by atoms with E-state index in [4.69, 9.17) is 0 Å². The van der Waals surface area contributed by atoms with Gasteiger partial charge in [-0.2, -0.15) is 5.10 Å². The van der Waals surface area contributed by atoms with Crippen molar-refractivity contribution < 1.29 is 14.7 Å². The standard InChI is InChI=1S/C18H25N3O3/c1-9(2)14-12-5-6-13(14)16(18(23)24)15(12)17(22)19-7-11-8-20-21(4)10(11)3/h8,12-13,15-16H,5-7H2,1-4H3,(H,19,22)(H,23,24). The average Bonchev–Trinajstić information content (AvgIpc) is 3.18. The van der Waals surface area contributed by atoms with Crippen molar-refractivity contribution in [3.63, 3.8) is 0 Å². The summed E-state index contributed by atoms with van der Waals surface area (Å²) in [5.74, 6) is -1.94. The topological polar surface area (TPSA) is 84.2 Å². The molecule has 3 rings (SSSR count). The number of carboxylic acids is 1. The minimum atomic E-state index is -0.848. The number of carbonyl (C=O) groups excluding carboxylic acids is 1. The van der Waals surface area contributed by atoms with Crippen molar-refractivity contribution in [1.82, 2.24) is 15.1 Å². The second-order valence-corrected chi connectivity index (χ2v) is 7.23. The Morgan fingerprint density at radius 2 is 1.92 bits per heavy atom. The molecule has 0 aliphatic heterocycles. The van der Waals surface area contributed by atoms with E-state index in [9.17, 15) is 14.7 Å². The summed E-state index contributed by atoms with van der Waals surface area (Å²) in [6.45, 7) is 6.40. The molecule has 4 unspecified atom stereocenters. The van der Waals surface area contributed by atoms with Crippen molar-refractivity contribution >= 4 is 11.9 Å². The third-order valence-electron chi connectivity index (χ3n) is 5.80. The van der Waals surface area contributed by atoms with Crippen molar-refractivity contribution in [3.05, 3.63) is 28.6 Å². The summed E-state index contributed by atoms with van der Waals surface area (Å²) in [5, 5.41) is 16.8. The highest BCUT2D eigenvalue weighted by atomic mass is 16.4. The van der Waals surface area contributed by atoms with E-state index in [0.29, 0.717) is 6.54 Å². The summed E-state index contributed by atoms with van der Waals surface area (Å²) in [7, 11) is 1.86. The average molecular weight is 331 g/mol. The Bertz CT molecular complexity index is 715. The van der Waals surface area contributed by atoms with Crippen LogP contribution in [0.4, 0.5) is 0 Å². The highest BCUT2D eigenvalue weighted by Gasteiger charge is 2.57. The van der Waals surface area contributed by atoms with Gasteiger partial charge in [-0.05, 0) is 45.4 Å². The van der Waals surface area contributed by atoms with Crippen molar-refractivity contribution in [3.8, 4) is 0 Å². The molecule has 6 heteroatoms. The Morgan fingerprint density at radius 1 is 1.29 bits per heavy atom. The van der Waals surface area contributed by atoms with Crippen LogP contribution in [-0.4, -0.2) is 26.8 Å². The van der Waals surface area contributed by atoms with Crippen LogP contribution < -0.4 is 5.32 Å². The molecule has 1 amide bonds. The summed E-state index contributed by atoms with van der Waals surface area (Å²) in [6.07, 6.45) is 3.54. The van der Waals surface area contributed by atoms with E-state index in [-0.39, 0.29) is 17.7 Å². The van der Waals surface area contributed by atoms with E-state index < -0.39 is 17.8 Å². The molecule has 0 radical (unpaired) electrons. The molecule has 4 atom stereocenters. The second-order valence-electron chi connectivity index (χ2n) is 7.23. The van der Waals surface area contributed by atoms with Crippen LogP contribution in [0.25, 0.3) is 0 Å². The molecule has 2 saturated carbocycles. The Morgan fingerprint density at radius 3 is 2.42 bits per heavy atom. The molecular weight excluding hydrogens is 306 g/mol. The number of carbonyl (C=O) groups is 2. The number of amides is 1. The lowest BCUT2D eigenvalue weighted by Crippen LogP contribution is -2.41. The minimum Gasteiger partial charge on any atom is -0.481 e. The quantitative estimate of drug-likeness (QED) is 0.827. The number of nitrogens with zero attached hydrogens (tertiary/aromatic N) is 2. The summed E-state index contributed by atoms with van der Waals surface area (Å²) >= 11 is 0. The van der Waals surface area contributed by atoms with Gasteiger partial charge in [-0.3, -0.25) is 14.3 Å². The number of aromatic nitrogens is 2. The van der Waals surface area contributed by atoms with Gasteiger partial charge in [0.15, 0.2) is 0 Å². The zero-order valence-corrected chi connectivity index (χ0v) is 14.7. The van der Waals surface area contributed by atoms with Gasteiger partial charge in [-0.15, -0.1) is 0 Å². The lowest BCUT2D eigenvalue weighted by atomic mass is 9.78. The molecule has 130 valence electrons. The number of aliphatic carboxylic acids is 1. The highest BCUT2D eigenvalue weighted by Crippen LogP contribution is 2.57. The minimum absolute atomic E-state index is 0.0216. The van der Waals surface area contributed by atoms with Gasteiger partial charge in [-0.1, -0.05) is 11.1 Å². The SMILES string of the molecule is CC(C)=C1C2CCC1C(C(=O)NCc1cnn(C)c1C)C2C(=O)O. The summed E-state index contributed by atoms with van der Waals surface area (Å²) in [5.41, 5.74) is 4.35. The van der Waals surface area contributed by atoms with E-state index in [0.717, 1.165) is 24.1 Å². The van der Waals surface area contributed by atoms with Gasteiger partial charge in [-0.25, -0.2) is 0 Å². The fourth-order valence-electron chi connectivity index (χ4n) is 4.62. The van der Waals surface area contributed by atoms with Crippen LogP contribution in [0.5, 0.6) is 0 Å². The maximum atomic E-state index is 12.8. The molecule has 1 heterocycles. The lowest BCUT2D eigenvalue weighted by molar-refractivity contribution is -0.149. The third-order valence-corrected chi connectivity index (χ3v) is 5.80. The Labute approximate surface area is 141 Å². The van der Waals surface area contributed by atoms with Crippen LogP contribution in [0.2, 0.25) is 0 Å². The van der Waals surface area contributed by atoms with E-state index in [2.05, 4.69) is 10.4 Å². The maximum Gasteiger partial charge on any atom is 0.307 e. The molecule has 2 aliphatic carbocycles. The molecule has 0 aromatic carbocycles. The van der Waals surface area contributed by atoms with Crippen molar-refractivity contribution in [2.45, 2.75) is 40.2 Å². The fraction of sp³-hybridized carbons (Fsp3) is 0.611. The largest absolute Gasteiger partial charge is 0.481 e. The molecule has 0 spiro atoms. The predicted octanol–water partition coefficient (Wildman–Crippen LogP) is 2.04. The molecule has 0 saturated heterocycles. The summed E-state index contributed by atoms with van der Waals surface area (Å²) < 4.78 is 1.76. The van der Waals surface area contributed by atoms with Crippen molar-refractivity contribution in [2.75, 3.05) is 0 Å². The smallest absolute Gasteiger partial charge is 0.307 e. The molecule has 2 N–H and O–H groups in total. The van der Waals surface area contributed by atoms with E-state index in [1.165, 1.54) is 11.1 Å². The zero-order valence-electron chi connectivity index (χ0n) is 14.7. The lowest BCUT2D eigenvalue weighted by Gasteiger charge is -2.26. The number of aryl methyl sites for hydroxylation is 1. The van der Waals surface area contributed by atoms with Crippen LogP contribution in [0, 0.1) is 30.6 Å². The fourth-order valence-corrected chi connectivity index (χ4v) is 4.62. The van der Waals surface area contributed by atoms with Gasteiger partial charge < -0.3 is 10.4 Å². The van der Waals surface area contributed by atoms with Gasteiger partial charge in [0, 0.05) is 24.8 Å². The van der Waals surface area contributed by atoms with Crippen LogP contribution in [0.15, 0.2) is 17.3 Å². The summed E-state index contributed by atoms with van der Waals surface area (Å²) in [4.78, 5) is 24.6. The van der Waals surface area contributed by atoms with Crippen molar-refractivity contribution in [2.24, 2.45) is 30.7 Å². The molecule has 24 heavy (non-hydrogen) atoms. The van der Waals surface area contributed by atoms with Gasteiger partial charge >= 0.3 is 5.97 Å². The number of rotatable bonds is 4. The first-order valence-electron chi connectivity index (χ1n) is 8.48. The predicted molar refractivity (Wildman–Crippen MR) is 89.0 cm³/mol. The monoisotopic (exact) mass is 331 g/mol. The first-order valence-corrected chi connectivity index (χ1v) is 8.48. The maximum absolute atomic E-state index is 12.8. The molecule has 6 nitrogen and oxygen atoms in total. The number of fused-ring (bicyclic) bond motifs is 2. The van der Waals surface area contributed by atoms with Gasteiger partial charge in [0.25, 0.3) is 0 Å². The number of hydrogen-bond acceptors (Lipinski definition) is 3. The molecular formula is C18H25N3O3. The van der Waals surface area contributed by atoms with Crippen LogP contribution in [0.1, 0.15) is 37.9 Å². The second kappa shape index (κ2) is 6.07. The Balaban J connectivity index is 1.79. The van der Waals surface area contributed by atoms with Crippen LogP contribution >= 0.6 is 0 Å². The molecule has 2 fully saturated rings. The van der Waals surface area contributed by atoms with Crippen molar-refractivity contribution in [1.29, 1.82) is 0 Å². The number of carboxylic acid groups (broad SMARTS) is 1. The van der Waals surface area contributed by atoms with Gasteiger partial charge in [0.05, 0.1) is 18.0 Å². The van der Waals surface area contributed by atoms with E-state index in [1.54, 1.807) is 10.9 Å². The van der Waals surface area contributed by atoms with E-state index in [1.807, 2.05) is 27.8 Å². The number of allylic oxidation sites excluding steroid dienone is 2. The first kappa shape index (κ1) is 16.7. The molecule has 2 bridgehead atoms. The molecule has 1 aromatic rings. The molecule has 1 aromatic heterocycles. The van der Waals surface area contributed by atoms with Gasteiger partial charge in [0.2, 0.25) is 5.91 Å². The Hall–Kier alpha value is -2.11. The highest BCUT2D eigenvalue weighted by molar-refractivity contribution is 5.87. The van der Waals surface area contributed by atoms with Crippen LogP contribution in [-0.2, 0) is 23.2 Å². The third kappa shape index (κ3) is 2.54. The Kier molecular flexibility index (Phi) is 4.24. The van der Waals surface area contributed by atoms with Gasteiger partial charge in [0.1, 0.15) is 0 Å². The molecule has 2 aliphatic rings. The van der Waals surface area contributed by atoms with Crippen LogP contribution in [0.3, 0.4) is 0 Å². The zero-order chi connectivity index (χ0) is 17.6. The van der Waals surface area contributed by atoms with E-state index >= 15 is 0 Å². The first-order chi connectivity index (χ1) is 11.3. The number of nitrogens with one attached hydrogen (secondary N) is 1. The number of hydrogen-bond donors (Lipinski definition) is 2. The normalized spacial score (nSPS) is 28.2.